The molecule has 0 radical (unpaired) electrons. The predicted octanol–water partition coefficient (Wildman–Crippen LogP) is 3.61. The van der Waals surface area contributed by atoms with Crippen LogP contribution in [-0.4, -0.2) is 6.54 Å². The summed E-state index contributed by atoms with van der Waals surface area (Å²) >= 11 is 0. The molecule has 3 unspecified atom stereocenters. The fourth-order valence-electron chi connectivity index (χ4n) is 3.12. The lowest BCUT2D eigenvalue weighted by Crippen LogP contribution is -2.28. The van der Waals surface area contributed by atoms with Gasteiger partial charge in [-0.3, -0.25) is 0 Å². The van der Waals surface area contributed by atoms with Gasteiger partial charge in [0.1, 0.15) is 5.82 Å². The molecule has 0 amide bonds. The summed E-state index contributed by atoms with van der Waals surface area (Å²) in [4.78, 5) is 0. The summed E-state index contributed by atoms with van der Waals surface area (Å²) in [7, 11) is 0. The van der Waals surface area contributed by atoms with Crippen LogP contribution in [0.15, 0.2) is 18.2 Å². The van der Waals surface area contributed by atoms with E-state index in [2.05, 4.69) is 13.8 Å². The average molecular weight is 235 g/mol. The zero-order valence-electron chi connectivity index (χ0n) is 10.7. The van der Waals surface area contributed by atoms with Gasteiger partial charge < -0.3 is 5.73 Å². The summed E-state index contributed by atoms with van der Waals surface area (Å²) in [5.41, 5.74) is 8.24. The SMILES string of the molecule is Cc1ccc(F)cc1C1CC(C)CCC1CN. The molecule has 94 valence electrons. The average Bonchev–Trinajstić information content (AvgIpc) is 2.32. The molecule has 1 saturated carbocycles. The fraction of sp³-hybridized carbons (Fsp3) is 0.600. The number of hydrogen-bond donors (Lipinski definition) is 1. The molecule has 0 saturated heterocycles. The topological polar surface area (TPSA) is 26.0 Å². The van der Waals surface area contributed by atoms with Crippen LogP contribution in [0.1, 0.15) is 43.2 Å². The predicted molar refractivity (Wildman–Crippen MR) is 69.4 cm³/mol. The van der Waals surface area contributed by atoms with Crippen molar-refractivity contribution in [1.29, 1.82) is 0 Å². The minimum absolute atomic E-state index is 0.125. The van der Waals surface area contributed by atoms with Gasteiger partial charge in [-0.25, -0.2) is 4.39 Å². The van der Waals surface area contributed by atoms with Crippen molar-refractivity contribution in [2.45, 2.75) is 39.0 Å². The van der Waals surface area contributed by atoms with Gasteiger partial charge in [-0.15, -0.1) is 0 Å². The Labute approximate surface area is 103 Å². The smallest absolute Gasteiger partial charge is 0.123 e. The van der Waals surface area contributed by atoms with E-state index in [1.165, 1.54) is 24.0 Å². The Morgan fingerprint density at radius 3 is 2.82 bits per heavy atom. The van der Waals surface area contributed by atoms with Crippen molar-refractivity contribution in [3.05, 3.63) is 35.1 Å². The molecule has 1 aromatic rings. The largest absolute Gasteiger partial charge is 0.330 e. The summed E-state index contributed by atoms with van der Waals surface area (Å²) < 4.78 is 13.4. The van der Waals surface area contributed by atoms with Crippen LogP contribution in [0, 0.1) is 24.6 Å². The van der Waals surface area contributed by atoms with Crippen molar-refractivity contribution in [2.75, 3.05) is 6.54 Å². The summed E-state index contributed by atoms with van der Waals surface area (Å²) in [6, 6.07) is 5.14. The second kappa shape index (κ2) is 5.18. The Morgan fingerprint density at radius 2 is 2.12 bits per heavy atom. The maximum Gasteiger partial charge on any atom is 0.123 e. The van der Waals surface area contributed by atoms with Gasteiger partial charge in [-0.1, -0.05) is 19.4 Å². The van der Waals surface area contributed by atoms with E-state index in [9.17, 15) is 4.39 Å². The molecule has 1 nitrogen and oxygen atoms in total. The van der Waals surface area contributed by atoms with Gasteiger partial charge in [0, 0.05) is 0 Å². The quantitative estimate of drug-likeness (QED) is 0.832. The number of hydrogen-bond acceptors (Lipinski definition) is 1. The van der Waals surface area contributed by atoms with Crippen LogP contribution in [-0.2, 0) is 0 Å². The van der Waals surface area contributed by atoms with Crippen molar-refractivity contribution in [3.63, 3.8) is 0 Å². The van der Waals surface area contributed by atoms with Gasteiger partial charge in [0.15, 0.2) is 0 Å². The van der Waals surface area contributed by atoms with Gasteiger partial charge in [0.25, 0.3) is 0 Å². The highest BCUT2D eigenvalue weighted by atomic mass is 19.1. The minimum atomic E-state index is -0.125. The molecule has 17 heavy (non-hydrogen) atoms. The third-order valence-electron chi connectivity index (χ3n) is 4.20. The zero-order valence-corrected chi connectivity index (χ0v) is 10.7. The van der Waals surface area contributed by atoms with E-state index in [0.29, 0.717) is 18.4 Å². The molecule has 3 atom stereocenters. The Balaban J connectivity index is 2.31. The van der Waals surface area contributed by atoms with E-state index in [0.717, 1.165) is 12.3 Å². The summed E-state index contributed by atoms with van der Waals surface area (Å²) in [5.74, 6) is 1.57. The first-order valence-electron chi connectivity index (χ1n) is 6.58. The van der Waals surface area contributed by atoms with E-state index in [-0.39, 0.29) is 5.82 Å². The molecule has 1 aromatic carbocycles. The molecule has 0 aliphatic heterocycles. The first-order chi connectivity index (χ1) is 8.11. The maximum absolute atomic E-state index is 13.4. The molecular weight excluding hydrogens is 213 g/mol. The van der Waals surface area contributed by atoms with Gasteiger partial charge in [-0.05, 0) is 67.3 Å². The van der Waals surface area contributed by atoms with Gasteiger partial charge in [-0.2, -0.15) is 0 Å². The standard InChI is InChI=1S/C15H22FN/c1-10-3-5-12(9-17)15(7-10)14-8-13(16)6-4-11(14)2/h4,6,8,10,12,15H,3,5,7,9,17H2,1-2H3. The molecule has 0 aromatic heterocycles. The van der Waals surface area contributed by atoms with Crippen LogP contribution >= 0.6 is 0 Å². The van der Waals surface area contributed by atoms with Gasteiger partial charge >= 0.3 is 0 Å². The molecule has 0 bridgehead atoms. The number of nitrogens with two attached hydrogens (primary N) is 1. The third kappa shape index (κ3) is 2.68. The van der Waals surface area contributed by atoms with Crippen LogP contribution in [0.3, 0.4) is 0 Å². The van der Waals surface area contributed by atoms with Crippen LogP contribution in [0.4, 0.5) is 4.39 Å². The Hall–Kier alpha value is -0.890. The van der Waals surface area contributed by atoms with Crippen LogP contribution in [0.25, 0.3) is 0 Å². The highest BCUT2D eigenvalue weighted by molar-refractivity contribution is 5.31. The minimum Gasteiger partial charge on any atom is -0.330 e. The van der Waals surface area contributed by atoms with Gasteiger partial charge in [0.2, 0.25) is 0 Å². The normalized spacial score (nSPS) is 29.3. The number of halogens is 1. The van der Waals surface area contributed by atoms with Crippen molar-refractivity contribution in [2.24, 2.45) is 17.6 Å². The lowest BCUT2D eigenvalue weighted by Gasteiger charge is -2.35. The second-order valence-electron chi connectivity index (χ2n) is 5.52. The van der Waals surface area contributed by atoms with E-state index in [1.54, 1.807) is 12.1 Å². The van der Waals surface area contributed by atoms with Crippen molar-refractivity contribution < 1.29 is 4.39 Å². The van der Waals surface area contributed by atoms with E-state index >= 15 is 0 Å². The first-order valence-corrected chi connectivity index (χ1v) is 6.58. The monoisotopic (exact) mass is 235 g/mol. The van der Waals surface area contributed by atoms with E-state index < -0.39 is 0 Å². The summed E-state index contributed by atoms with van der Waals surface area (Å²) in [5, 5.41) is 0. The molecule has 0 spiro atoms. The Kier molecular flexibility index (Phi) is 3.82. The highest BCUT2D eigenvalue weighted by Crippen LogP contribution is 2.41. The fourth-order valence-corrected chi connectivity index (χ4v) is 3.12. The van der Waals surface area contributed by atoms with Crippen molar-refractivity contribution in [1.82, 2.24) is 0 Å². The van der Waals surface area contributed by atoms with Crippen LogP contribution < -0.4 is 5.73 Å². The van der Waals surface area contributed by atoms with Crippen LogP contribution in [0.2, 0.25) is 0 Å². The molecule has 1 fully saturated rings. The van der Waals surface area contributed by atoms with E-state index in [4.69, 9.17) is 5.73 Å². The van der Waals surface area contributed by atoms with Crippen molar-refractivity contribution >= 4 is 0 Å². The Bertz CT molecular complexity index is 389. The number of aryl methyl sites for hydroxylation is 1. The summed E-state index contributed by atoms with van der Waals surface area (Å²) in [6.07, 6.45) is 3.58. The lowest BCUT2D eigenvalue weighted by molar-refractivity contribution is 0.253. The van der Waals surface area contributed by atoms with Gasteiger partial charge in [0.05, 0.1) is 0 Å². The number of rotatable bonds is 2. The second-order valence-corrected chi connectivity index (χ2v) is 5.52. The number of benzene rings is 1. The Morgan fingerprint density at radius 1 is 1.35 bits per heavy atom. The highest BCUT2D eigenvalue weighted by Gasteiger charge is 2.29. The van der Waals surface area contributed by atoms with Crippen LogP contribution in [0.5, 0.6) is 0 Å². The third-order valence-corrected chi connectivity index (χ3v) is 4.20. The molecular formula is C15H22FN. The molecule has 2 rings (SSSR count). The molecule has 1 aliphatic rings. The molecule has 1 aliphatic carbocycles. The molecule has 0 heterocycles. The maximum atomic E-state index is 13.4. The van der Waals surface area contributed by atoms with Crippen molar-refractivity contribution in [3.8, 4) is 0 Å². The van der Waals surface area contributed by atoms with E-state index in [1.807, 2.05) is 6.07 Å². The molecule has 2 heteroatoms. The molecule has 2 N–H and O–H groups in total. The zero-order chi connectivity index (χ0) is 12.4. The lowest BCUT2D eigenvalue weighted by atomic mass is 9.71. The first kappa shape index (κ1) is 12.6. The summed E-state index contributed by atoms with van der Waals surface area (Å²) in [6.45, 7) is 5.07.